The maximum atomic E-state index is 2.52. The van der Waals surface area contributed by atoms with Crippen molar-refractivity contribution < 1.29 is 0 Å². The van der Waals surface area contributed by atoms with Crippen LogP contribution in [0.25, 0.3) is 33.4 Å². The van der Waals surface area contributed by atoms with Crippen molar-refractivity contribution in [2.75, 3.05) is 4.90 Å². The third kappa shape index (κ3) is 4.73. The normalized spacial score (nSPS) is 16.8. The monoisotopic (exact) mass is 635 g/mol. The summed E-state index contributed by atoms with van der Waals surface area (Å²) in [6.07, 6.45) is 6.74. The fraction of sp³-hybridized carbons (Fsp3) is 0.250. The van der Waals surface area contributed by atoms with Gasteiger partial charge in [0.2, 0.25) is 0 Å². The summed E-state index contributed by atoms with van der Waals surface area (Å²) >= 11 is 0. The molecular formula is C48H45N. The largest absolute Gasteiger partial charge is 0.310 e. The topological polar surface area (TPSA) is 3.24 Å². The minimum atomic E-state index is -0.0797. The molecule has 9 rings (SSSR count). The first-order chi connectivity index (χ1) is 23.8. The van der Waals surface area contributed by atoms with E-state index in [1.807, 2.05) is 0 Å². The highest BCUT2D eigenvalue weighted by Crippen LogP contribution is 2.53. The molecule has 3 aliphatic carbocycles. The molecule has 6 aromatic carbocycles. The molecule has 49 heavy (non-hydrogen) atoms. The maximum absolute atomic E-state index is 2.52. The van der Waals surface area contributed by atoms with Crippen molar-refractivity contribution in [2.24, 2.45) is 0 Å². The summed E-state index contributed by atoms with van der Waals surface area (Å²) in [5.41, 5.74) is 18.5. The molecule has 0 heterocycles. The number of para-hydroxylation sites is 1. The third-order valence-electron chi connectivity index (χ3n) is 12.1. The molecule has 0 aliphatic heterocycles. The van der Waals surface area contributed by atoms with Crippen LogP contribution in [0.15, 0.2) is 133 Å². The SMILES string of the molecule is CC1(C)c2ccccc2-c2ccc(N(c3ccc4c(c3)C(C)(C)c3ccccc3-4)c3ccccc3-c3ccc(C4CCCCC4)cc3)cc21. The standard InChI is InChI=1S/C48H45N/c1-47(2)42-19-11-8-17-38(42)40-28-26-35(30-44(40)47)49(36-27-29-41-39-18-9-12-20-43(39)48(3,4)45(41)31-36)46-21-13-10-16-37(46)34-24-22-33(23-25-34)32-14-6-5-7-15-32/h8-13,16-32H,5-7,14-15H2,1-4H3. The van der Waals surface area contributed by atoms with E-state index < -0.39 is 0 Å². The van der Waals surface area contributed by atoms with Gasteiger partial charge in [0.05, 0.1) is 5.69 Å². The van der Waals surface area contributed by atoms with E-state index in [0.717, 1.165) is 0 Å². The molecule has 1 fully saturated rings. The Hall–Kier alpha value is -4.88. The van der Waals surface area contributed by atoms with E-state index in [9.17, 15) is 0 Å². The fourth-order valence-electron chi connectivity index (χ4n) is 9.37. The van der Waals surface area contributed by atoms with Gasteiger partial charge in [-0.2, -0.15) is 0 Å². The first kappa shape index (κ1) is 30.2. The molecule has 1 saturated carbocycles. The Kier molecular flexibility index (Phi) is 6.99. The number of rotatable bonds is 5. The molecule has 0 amide bonds. The first-order valence-corrected chi connectivity index (χ1v) is 18.3. The van der Waals surface area contributed by atoms with E-state index in [2.05, 4.69) is 166 Å². The molecule has 0 saturated heterocycles. The van der Waals surface area contributed by atoms with Crippen LogP contribution in [0.3, 0.4) is 0 Å². The zero-order valence-electron chi connectivity index (χ0n) is 29.3. The lowest BCUT2D eigenvalue weighted by atomic mass is 9.82. The molecule has 0 atom stereocenters. The quantitative estimate of drug-likeness (QED) is 0.182. The Morgan fingerprint density at radius 1 is 0.449 bits per heavy atom. The van der Waals surface area contributed by atoms with Gasteiger partial charge in [0.25, 0.3) is 0 Å². The highest BCUT2D eigenvalue weighted by atomic mass is 15.1. The highest BCUT2D eigenvalue weighted by Gasteiger charge is 2.38. The van der Waals surface area contributed by atoms with Crippen LogP contribution < -0.4 is 4.90 Å². The molecule has 1 nitrogen and oxygen atoms in total. The number of nitrogens with zero attached hydrogens (tertiary/aromatic N) is 1. The van der Waals surface area contributed by atoms with E-state index in [1.165, 1.54) is 110 Å². The summed E-state index contributed by atoms with van der Waals surface area (Å²) in [6.45, 7) is 9.51. The van der Waals surface area contributed by atoms with Crippen molar-refractivity contribution in [3.8, 4) is 33.4 Å². The molecule has 0 spiro atoms. The third-order valence-corrected chi connectivity index (χ3v) is 12.1. The van der Waals surface area contributed by atoms with Gasteiger partial charge in [0, 0.05) is 27.8 Å². The molecule has 242 valence electrons. The molecule has 0 bridgehead atoms. The number of anilines is 3. The van der Waals surface area contributed by atoms with Crippen LogP contribution in [0.5, 0.6) is 0 Å². The molecule has 0 aromatic heterocycles. The van der Waals surface area contributed by atoms with Crippen LogP contribution in [0.4, 0.5) is 17.1 Å². The average Bonchev–Trinajstić information content (AvgIpc) is 3.52. The summed E-state index contributed by atoms with van der Waals surface area (Å²) in [5.74, 6) is 0.701. The zero-order chi connectivity index (χ0) is 33.3. The molecule has 0 N–H and O–H groups in total. The van der Waals surface area contributed by atoms with Crippen molar-refractivity contribution in [1.82, 2.24) is 0 Å². The van der Waals surface area contributed by atoms with Crippen molar-refractivity contribution in [3.05, 3.63) is 161 Å². The van der Waals surface area contributed by atoms with Gasteiger partial charge in [0.15, 0.2) is 0 Å². The van der Waals surface area contributed by atoms with E-state index >= 15 is 0 Å². The molecule has 3 aliphatic rings. The molecule has 0 unspecified atom stereocenters. The van der Waals surface area contributed by atoms with Crippen molar-refractivity contribution in [3.63, 3.8) is 0 Å². The second-order valence-electron chi connectivity index (χ2n) is 15.6. The summed E-state index contributed by atoms with van der Waals surface area (Å²) < 4.78 is 0. The number of fused-ring (bicyclic) bond motifs is 6. The Labute approximate surface area is 292 Å². The van der Waals surface area contributed by atoms with Gasteiger partial charge in [-0.25, -0.2) is 0 Å². The molecule has 0 radical (unpaired) electrons. The Balaban J connectivity index is 1.22. The molecular weight excluding hydrogens is 591 g/mol. The number of hydrogen-bond donors (Lipinski definition) is 0. The smallest absolute Gasteiger partial charge is 0.0540 e. The van der Waals surface area contributed by atoms with Crippen LogP contribution in [0.2, 0.25) is 0 Å². The van der Waals surface area contributed by atoms with E-state index in [0.29, 0.717) is 5.92 Å². The lowest BCUT2D eigenvalue weighted by Gasteiger charge is -2.31. The minimum Gasteiger partial charge on any atom is -0.310 e. The van der Waals surface area contributed by atoms with Crippen LogP contribution in [-0.2, 0) is 10.8 Å². The van der Waals surface area contributed by atoms with Crippen molar-refractivity contribution in [2.45, 2.75) is 76.5 Å². The van der Waals surface area contributed by atoms with Crippen LogP contribution in [0, 0.1) is 0 Å². The van der Waals surface area contributed by atoms with Crippen LogP contribution >= 0.6 is 0 Å². The van der Waals surface area contributed by atoms with E-state index in [1.54, 1.807) is 0 Å². The Morgan fingerprint density at radius 2 is 0.918 bits per heavy atom. The second kappa shape index (κ2) is 11.3. The summed E-state index contributed by atoms with van der Waals surface area (Å²) in [5, 5.41) is 0. The number of hydrogen-bond acceptors (Lipinski definition) is 1. The lowest BCUT2D eigenvalue weighted by Crippen LogP contribution is -2.18. The van der Waals surface area contributed by atoms with Gasteiger partial charge < -0.3 is 4.90 Å². The van der Waals surface area contributed by atoms with Gasteiger partial charge in [0.1, 0.15) is 0 Å². The van der Waals surface area contributed by atoms with Gasteiger partial charge in [-0.1, -0.05) is 150 Å². The zero-order valence-corrected chi connectivity index (χ0v) is 29.3. The molecule has 6 aromatic rings. The maximum Gasteiger partial charge on any atom is 0.0540 e. The minimum absolute atomic E-state index is 0.0797. The predicted octanol–water partition coefficient (Wildman–Crippen LogP) is 13.5. The van der Waals surface area contributed by atoms with Crippen molar-refractivity contribution in [1.29, 1.82) is 0 Å². The Morgan fingerprint density at radius 3 is 1.47 bits per heavy atom. The van der Waals surface area contributed by atoms with Crippen LogP contribution in [0.1, 0.15) is 93.5 Å². The van der Waals surface area contributed by atoms with Gasteiger partial charge in [-0.15, -0.1) is 0 Å². The van der Waals surface area contributed by atoms with Gasteiger partial charge >= 0.3 is 0 Å². The van der Waals surface area contributed by atoms with Gasteiger partial charge in [-0.05, 0) is 105 Å². The fourth-order valence-corrected chi connectivity index (χ4v) is 9.37. The van der Waals surface area contributed by atoms with E-state index in [-0.39, 0.29) is 10.8 Å². The highest BCUT2D eigenvalue weighted by molar-refractivity contribution is 5.92. The summed E-state index contributed by atoms with van der Waals surface area (Å²) in [7, 11) is 0. The summed E-state index contributed by atoms with van der Waals surface area (Å²) in [4.78, 5) is 2.52. The lowest BCUT2D eigenvalue weighted by molar-refractivity contribution is 0.443. The van der Waals surface area contributed by atoms with Gasteiger partial charge in [-0.3, -0.25) is 0 Å². The number of benzene rings is 6. The van der Waals surface area contributed by atoms with E-state index in [4.69, 9.17) is 0 Å². The molecule has 1 heteroatoms. The first-order valence-electron chi connectivity index (χ1n) is 18.3. The van der Waals surface area contributed by atoms with Crippen LogP contribution in [-0.4, -0.2) is 0 Å². The van der Waals surface area contributed by atoms with Crippen molar-refractivity contribution >= 4 is 17.1 Å². The second-order valence-corrected chi connectivity index (χ2v) is 15.6. The Bertz CT molecular complexity index is 2100. The average molecular weight is 636 g/mol. The summed E-state index contributed by atoms with van der Waals surface area (Å²) in [6, 6.07) is 50.7. The predicted molar refractivity (Wildman–Crippen MR) is 208 cm³/mol.